The predicted octanol–water partition coefficient (Wildman–Crippen LogP) is -1.68. The first kappa shape index (κ1) is 24.8. The van der Waals surface area contributed by atoms with E-state index in [0.717, 1.165) is 18.4 Å². The van der Waals surface area contributed by atoms with E-state index < -0.39 is 35.8 Å². The highest BCUT2D eigenvalue weighted by Gasteiger charge is 2.29. The number of benzene rings is 1. The van der Waals surface area contributed by atoms with Gasteiger partial charge in [-0.2, -0.15) is 0 Å². The van der Waals surface area contributed by atoms with E-state index in [1.54, 1.807) is 24.3 Å². The van der Waals surface area contributed by atoms with E-state index in [0.29, 0.717) is 18.7 Å². The van der Waals surface area contributed by atoms with Crippen LogP contribution in [0.4, 0.5) is 0 Å². The minimum absolute atomic E-state index is 0.200. The number of hydrogen-bond donors (Lipinski definition) is 5. The number of carbonyl (C=O) groups is 5. The predicted molar refractivity (Wildman–Crippen MR) is 114 cm³/mol. The van der Waals surface area contributed by atoms with E-state index in [2.05, 4.69) is 21.3 Å². The zero-order valence-corrected chi connectivity index (χ0v) is 17.7. The van der Waals surface area contributed by atoms with E-state index in [-0.39, 0.29) is 26.2 Å². The molecular weight excluding hydrogens is 418 g/mol. The van der Waals surface area contributed by atoms with Gasteiger partial charge in [0.15, 0.2) is 0 Å². The smallest absolute Gasteiger partial charge is 0.246 e. The number of carbonyl (C=O) groups excluding carboxylic acids is 5. The molecular formula is C21H29N5O6. The van der Waals surface area contributed by atoms with Crippen molar-refractivity contribution in [1.82, 2.24) is 21.3 Å². The molecule has 0 aliphatic heterocycles. The first-order valence-corrected chi connectivity index (χ1v) is 10.3. The number of amides is 5. The van der Waals surface area contributed by atoms with Gasteiger partial charge in [0, 0.05) is 6.42 Å². The number of rotatable bonds is 15. The Hall–Kier alpha value is -3.47. The average Bonchev–Trinajstić information content (AvgIpc) is 3.59. The Morgan fingerprint density at radius 3 is 2.41 bits per heavy atom. The largest absolute Gasteiger partial charge is 0.367 e. The molecule has 1 aromatic rings. The highest BCUT2D eigenvalue weighted by Crippen LogP contribution is 2.34. The molecule has 1 aliphatic rings. The van der Waals surface area contributed by atoms with Gasteiger partial charge in [0.05, 0.1) is 13.1 Å². The Bertz CT molecular complexity index is 799. The lowest BCUT2D eigenvalue weighted by Crippen LogP contribution is -2.51. The fourth-order valence-electron chi connectivity index (χ4n) is 2.94. The summed E-state index contributed by atoms with van der Waals surface area (Å²) in [6.07, 6.45) is 2.43. The second kappa shape index (κ2) is 13.1. The Morgan fingerprint density at radius 2 is 1.78 bits per heavy atom. The molecule has 0 aromatic heterocycles. The van der Waals surface area contributed by atoms with Gasteiger partial charge in [-0.3, -0.25) is 24.0 Å². The van der Waals surface area contributed by atoms with Gasteiger partial charge >= 0.3 is 0 Å². The maximum absolute atomic E-state index is 12.6. The fraction of sp³-hybridized carbons (Fsp3) is 0.476. The van der Waals surface area contributed by atoms with Crippen molar-refractivity contribution in [2.75, 3.05) is 19.8 Å². The van der Waals surface area contributed by atoms with Crippen LogP contribution in [-0.2, 0) is 35.1 Å². The third-order valence-corrected chi connectivity index (χ3v) is 4.82. The summed E-state index contributed by atoms with van der Waals surface area (Å²) in [4.78, 5) is 58.3. The van der Waals surface area contributed by atoms with E-state index in [9.17, 15) is 24.0 Å². The van der Waals surface area contributed by atoms with Gasteiger partial charge < -0.3 is 31.7 Å². The van der Waals surface area contributed by atoms with E-state index in [4.69, 9.17) is 10.5 Å². The molecule has 0 spiro atoms. The second-order valence-corrected chi connectivity index (χ2v) is 7.51. The van der Waals surface area contributed by atoms with Gasteiger partial charge in [-0.25, -0.2) is 0 Å². The van der Waals surface area contributed by atoms with Crippen molar-refractivity contribution >= 4 is 30.0 Å². The Kier molecular flexibility index (Phi) is 10.1. The molecule has 0 bridgehead atoms. The van der Waals surface area contributed by atoms with Crippen LogP contribution in [0.15, 0.2) is 30.3 Å². The molecule has 6 N–H and O–H groups in total. The van der Waals surface area contributed by atoms with Gasteiger partial charge in [-0.1, -0.05) is 43.2 Å². The van der Waals surface area contributed by atoms with E-state index in [1.165, 1.54) is 0 Å². The molecule has 0 heterocycles. The first-order valence-electron chi connectivity index (χ1n) is 10.3. The van der Waals surface area contributed by atoms with Gasteiger partial charge in [0.1, 0.15) is 18.9 Å². The molecule has 5 amide bonds. The van der Waals surface area contributed by atoms with Crippen LogP contribution in [0.1, 0.15) is 24.8 Å². The lowest BCUT2D eigenvalue weighted by molar-refractivity contribution is -0.134. The van der Waals surface area contributed by atoms with Gasteiger partial charge in [0.25, 0.3) is 0 Å². The molecule has 1 aromatic carbocycles. The van der Waals surface area contributed by atoms with Crippen molar-refractivity contribution in [2.45, 2.75) is 37.8 Å². The Labute approximate surface area is 185 Å². The minimum Gasteiger partial charge on any atom is -0.367 e. The number of primary amides is 1. The van der Waals surface area contributed by atoms with Crippen molar-refractivity contribution in [1.29, 1.82) is 0 Å². The van der Waals surface area contributed by atoms with Crippen molar-refractivity contribution < 1.29 is 28.7 Å². The molecule has 2 atom stereocenters. The van der Waals surface area contributed by atoms with E-state index in [1.807, 2.05) is 6.07 Å². The topological polar surface area (TPSA) is 169 Å². The van der Waals surface area contributed by atoms with Crippen molar-refractivity contribution in [3.63, 3.8) is 0 Å². The highest BCUT2D eigenvalue weighted by molar-refractivity contribution is 5.91. The molecule has 174 valence electrons. The van der Waals surface area contributed by atoms with Gasteiger partial charge in [-0.15, -0.1) is 0 Å². The molecule has 1 saturated carbocycles. The average molecular weight is 447 g/mol. The molecule has 1 unspecified atom stereocenters. The molecule has 2 rings (SSSR count). The summed E-state index contributed by atoms with van der Waals surface area (Å²) < 4.78 is 5.34. The summed E-state index contributed by atoms with van der Waals surface area (Å²) in [6, 6.07) is 8.09. The standard InChI is InChI=1S/C21H29N5O6/c22-20(30)17(9-15-6-7-15)32-13-25-18(28)11-24-21(31)16(26-19(29)10-23-12-27)8-14-4-2-1-3-5-14/h1-5,12,15-17H,6-11,13H2,(H2,22,30)(H,23,27)(H,24,31)(H,25,28)(H,26,29)/t16?,17-/m0/s1. The van der Waals surface area contributed by atoms with E-state index >= 15 is 0 Å². The van der Waals surface area contributed by atoms with Crippen molar-refractivity contribution in [3.05, 3.63) is 35.9 Å². The minimum atomic E-state index is -0.944. The summed E-state index contributed by atoms with van der Waals surface area (Å²) in [7, 11) is 0. The Morgan fingerprint density at radius 1 is 1.06 bits per heavy atom. The SMILES string of the molecule is NC(=O)[C@H](CC1CC1)OCNC(=O)CNC(=O)C(Cc1ccccc1)NC(=O)CNC=O. The van der Waals surface area contributed by atoms with Crippen LogP contribution in [0.3, 0.4) is 0 Å². The highest BCUT2D eigenvalue weighted by atomic mass is 16.5. The zero-order chi connectivity index (χ0) is 23.3. The van der Waals surface area contributed by atoms with Crippen LogP contribution in [-0.4, -0.2) is 62.0 Å². The number of ether oxygens (including phenoxy) is 1. The van der Waals surface area contributed by atoms with Crippen molar-refractivity contribution in [3.8, 4) is 0 Å². The fourth-order valence-corrected chi connectivity index (χ4v) is 2.94. The number of nitrogens with two attached hydrogens (primary N) is 1. The quantitative estimate of drug-likeness (QED) is 0.159. The number of nitrogens with one attached hydrogen (secondary N) is 4. The summed E-state index contributed by atoms with van der Waals surface area (Å²) in [5, 5.41) is 9.68. The third-order valence-electron chi connectivity index (χ3n) is 4.82. The summed E-state index contributed by atoms with van der Waals surface area (Å²) in [5.41, 5.74) is 6.11. The monoisotopic (exact) mass is 447 g/mol. The molecule has 0 radical (unpaired) electrons. The molecule has 1 aliphatic carbocycles. The summed E-state index contributed by atoms with van der Waals surface area (Å²) in [6.45, 7) is -0.835. The molecule has 0 saturated heterocycles. The first-order chi connectivity index (χ1) is 15.4. The van der Waals surface area contributed by atoms with Crippen LogP contribution in [0, 0.1) is 5.92 Å². The van der Waals surface area contributed by atoms with Crippen LogP contribution < -0.4 is 27.0 Å². The zero-order valence-electron chi connectivity index (χ0n) is 17.7. The summed E-state index contributed by atoms with van der Waals surface area (Å²) >= 11 is 0. The number of hydrogen-bond acceptors (Lipinski definition) is 6. The maximum Gasteiger partial charge on any atom is 0.246 e. The third kappa shape index (κ3) is 9.56. The van der Waals surface area contributed by atoms with Gasteiger partial charge in [0.2, 0.25) is 30.0 Å². The molecule has 32 heavy (non-hydrogen) atoms. The lowest BCUT2D eigenvalue weighted by atomic mass is 10.1. The maximum atomic E-state index is 12.6. The van der Waals surface area contributed by atoms with Gasteiger partial charge in [-0.05, 0) is 17.9 Å². The Balaban J connectivity index is 1.80. The van der Waals surface area contributed by atoms with Crippen LogP contribution in [0.25, 0.3) is 0 Å². The molecule has 1 fully saturated rings. The van der Waals surface area contributed by atoms with Crippen LogP contribution >= 0.6 is 0 Å². The summed E-state index contributed by atoms with van der Waals surface area (Å²) in [5.74, 6) is -1.78. The lowest BCUT2D eigenvalue weighted by Gasteiger charge is -2.19. The molecule has 11 heteroatoms. The molecule has 11 nitrogen and oxygen atoms in total. The van der Waals surface area contributed by atoms with Crippen LogP contribution in [0.5, 0.6) is 0 Å². The normalized spacial score (nSPS) is 14.5. The van der Waals surface area contributed by atoms with Crippen molar-refractivity contribution in [2.24, 2.45) is 11.7 Å². The van der Waals surface area contributed by atoms with Crippen LogP contribution in [0.2, 0.25) is 0 Å². The second-order valence-electron chi connectivity index (χ2n) is 7.51.